The van der Waals surface area contributed by atoms with E-state index in [0.29, 0.717) is 64.3 Å². The second-order valence-electron chi connectivity index (χ2n) is 23.9. The van der Waals surface area contributed by atoms with Crippen molar-refractivity contribution in [1.29, 1.82) is 0 Å². The first-order valence-corrected chi connectivity index (χ1v) is 32.0. The first-order chi connectivity index (χ1) is 43.9. The summed E-state index contributed by atoms with van der Waals surface area (Å²) in [5.41, 5.74) is 44.7. The van der Waals surface area contributed by atoms with Gasteiger partial charge in [0.2, 0.25) is 70.9 Å². The number of carbonyl (C=O) groups is 13. The number of carbonyl (C=O) groups excluding carboxylic acids is 12. The van der Waals surface area contributed by atoms with Crippen LogP contribution in [0.2, 0.25) is 0 Å². The molecule has 2 fully saturated rings. The first-order valence-electron chi connectivity index (χ1n) is 32.0. The fourth-order valence-electron chi connectivity index (χ4n) is 10.4. The lowest BCUT2D eigenvalue weighted by Gasteiger charge is -2.33. The van der Waals surface area contributed by atoms with Crippen LogP contribution in [-0.4, -0.2) is 216 Å². The predicted octanol–water partition coefficient (Wildman–Crippen LogP) is -6.25. The molecule has 11 atom stereocenters. The van der Waals surface area contributed by atoms with E-state index >= 15 is 0 Å². The summed E-state index contributed by atoms with van der Waals surface area (Å²) in [6, 6.07) is -11.9. The van der Waals surface area contributed by atoms with Crippen molar-refractivity contribution < 1.29 is 67.4 Å². The molecule has 2 rings (SSSR count). The van der Waals surface area contributed by atoms with Crippen LogP contribution in [0.1, 0.15) is 150 Å². The highest BCUT2D eigenvalue weighted by Gasteiger charge is 2.44. The first kappa shape index (κ1) is 80.6. The number of aliphatic imine (C=N–C) groups is 2. The third-order valence-electron chi connectivity index (χ3n) is 15.7. The average molecular weight is 1320 g/mol. The van der Waals surface area contributed by atoms with Crippen LogP contribution in [0.3, 0.4) is 0 Å². The summed E-state index contributed by atoms with van der Waals surface area (Å²) in [5, 5.41) is 32.2. The number of hydrogen-bond acceptors (Lipinski definition) is 18. The largest absolute Gasteiger partial charge is 0.480 e. The maximum atomic E-state index is 14.5. The molecule has 35 nitrogen and oxygen atoms in total. The Morgan fingerprint density at radius 3 is 1.55 bits per heavy atom. The second kappa shape index (κ2) is 42.6. The predicted molar refractivity (Wildman–Crippen MR) is 343 cm³/mol. The van der Waals surface area contributed by atoms with Crippen molar-refractivity contribution in [2.45, 2.75) is 211 Å². The van der Waals surface area contributed by atoms with Gasteiger partial charge in [-0.3, -0.25) is 72.3 Å². The summed E-state index contributed by atoms with van der Waals surface area (Å²) in [4.78, 5) is 186. The molecule has 0 spiro atoms. The molecule has 0 bridgehead atoms. The van der Waals surface area contributed by atoms with Crippen LogP contribution in [0, 0.1) is 11.8 Å². The Hall–Kier alpha value is -8.47. The van der Waals surface area contributed by atoms with Gasteiger partial charge in [-0.25, -0.2) is 0 Å². The van der Waals surface area contributed by atoms with Gasteiger partial charge in [-0.15, -0.1) is 0 Å². The number of unbranched alkanes of at least 4 members (excludes halogenated alkanes) is 2. The highest BCUT2D eigenvalue weighted by Crippen LogP contribution is 2.27. The minimum absolute atomic E-state index is 0.0236. The number of rotatable bonds is 44. The molecular formula is C58H105N21O14. The van der Waals surface area contributed by atoms with E-state index in [1.165, 1.54) is 16.7 Å². The molecule has 0 aromatic heterocycles. The zero-order valence-corrected chi connectivity index (χ0v) is 54.5. The molecular weight excluding hydrogens is 1210 g/mol. The van der Waals surface area contributed by atoms with E-state index < -0.39 is 163 Å². The second-order valence-corrected chi connectivity index (χ2v) is 23.9. The van der Waals surface area contributed by atoms with Gasteiger partial charge >= 0.3 is 5.97 Å². The van der Waals surface area contributed by atoms with Crippen LogP contribution in [0.4, 0.5) is 0 Å². The van der Waals surface area contributed by atoms with Gasteiger partial charge < -0.3 is 109 Å². The Bertz CT molecular complexity index is 2590. The van der Waals surface area contributed by atoms with Crippen LogP contribution in [0.15, 0.2) is 9.98 Å². The number of carboxylic acid groups (broad SMARTS) is 1. The molecule has 35 heteroatoms. The Balaban J connectivity index is 2.26. The number of amides is 12. The minimum atomic E-state index is -1.50. The van der Waals surface area contributed by atoms with Crippen molar-refractivity contribution in [1.82, 2.24) is 57.7 Å². The molecule has 2 heterocycles. The SMILES string of the molecule is CC[C@H](C)[C@H](NC(=O)[C@H](CCC(N)=O)NC(=O)CNC(=O)[C@H](CC(C)C)NC(=O)[C@H](CCCCN)NC(=O)[C@@H]1CCCN1C(=O)[C@@H]1CCCN1C(=O)[C@H](CCCN=C(N)N)NC(=O)[C@@H](N)CCCCN)C(=O)NCC(=O)N[C@@H](CCCN=C(N)N)C(=O)N[C@@H](C)C(=O)O. The third-order valence-corrected chi connectivity index (χ3v) is 15.7. The Morgan fingerprint density at radius 1 is 0.527 bits per heavy atom. The number of hydrogen-bond donors (Lipinski definition) is 18. The molecule has 526 valence electrons. The van der Waals surface area contributed by atoms with Gasteiger partial charge in [0.25, 0.3) is 0 Å². The molecule has 0 unspecified atom stereocenters. The monoisotopic (exact) mass is 1320 g/mol. The molecule has 12 amide bonds. The Labute approximate surface area is 542 Å². The van der Waals surface area contributed by atoms with Gasteiger partial charge in [0.05, 0.1) is 19.1 Å². The quantitative estimate of drug-likeness (QED) is 0.0153. The van der Waals surface area contributed by atoms with Crippen molar-refractivity contribution >= 4 is 88.8 Å². The summed E-state index contributed by atoms with van der Waals surface area (Å²) in [7, 11) is 0. The number of carboxylic acids is 1. The third kappa shape index (κ3) is 29.8. The molecule has 0 saturated carbocycles. The molecule has 93 heavy (non-hydrogen) atoms. The summed E-state index contributed by atoms with van der Waals surface area (Å²) in [6.07, 6.45) is 4.14. The van der Waals surface area contributed by atoms with Gasteiger partial charge in [-0.1, -0.05) is 40.5 Å². The van der Waals surface area contributed by atoms with E-state index in [0.717, 1.165) is 0 Å². The van der Waals surface area contributed by atoms with Crippen molar-refractivity contribution in [2.24, 2.45) is 67.7 Å². The lowest BCUT2D eigenvalue weighted by molar-refractivity contribution is -0.148. The summed E-state index contributed by atoms with van der Waals surface area (Å²) < 4.78 is 0. The molecule has 26 N–H and O–H groups in total. The number of nitrogens with two attached hydrogens (primary N) is 8. The number of guanidine groups is 2. The summed E-state index contributed by atoms with van der Waals surface area (Å²) in [5.74, 6) is -11.4. The maximum Gasteiger partial charge on any atom is 0.325 e. The van der Waals surface area contributed by atoms with Crippen LogP contribution >= 0.6 is 0 Å². The molecule has 0 aromatic carbocycles. The summed E-state index contributed by atoms with van der Waals surface area (Å²) in [6.45, 7) is 7.99. The molecule has 2 saturated heterocycles. The number of likely N-dealkylation sites (tertiary alicyclic amines) is 2. The fourth-order valence-corrected chi connectivity index (χ4v) is 10.4. The highest BCUT2D eigenvalue weighted by atomic mass is 16.4. The standard InChI is InChI=1S/C58H105N21O14/c1-6-33(4)46(53(89)70-31-45(82)72-36(17-11-25-67-57(63)64)49(85)71-34(5)56(92)93)77-51(87)38(21-22-43(62)80)73-44(81)30-69-48(84)40(29-32(2)3)76-50(86)37(16-8-10-24-60)74-52(88)41-19-13-27-78(41)55(91)42-20-14-28-79(42)54(90)39(18-12-26-68-58(65)66)75-47(83)35(61)15-7-9-23-59/h32-42,46H,6-31,59-61H2,1-5H3,(H2,62,80)(H,69,84)(H,70,89)(H,71,85)(H,72,82)(H,73,81)(H,74,88)(H,75,83)(H,76,86)(H,77,87)(H,92,93)(H4,63,64,67)(H4,65,66,68)/t33-,34-,35-,36-,37-,38-,39-,40-,41-,42-,46-/m0/s1. The van der Waals surface area contributed by atoms with Crippen molar-refractivity contribution in [3.05, 3.63) is 0 Å². The van der Waals surface area contributed by atoms with E-state index in [-0.39, 0.29) is 102 Å². The zero-order chi connectivity index (χ0) is 69.9. The zero-order valence-electron chi connectivity index (χ0n) is 54.5. The number of primary amides is 1. The van der Waals surface area contributed by atoms with Crippen LogP contribution < -0.4 is 93.7 Å². The topological polar surface area (TPSA) is 590 Å². The van der Waals surface area contributed by atoms with E-state index in [9.17, 15) is 67.4 Å². The van der Waals surface area contributed by atoms with Crippen molar-refractivity contribution in [3.63, 3.8) is 0 Å². The minimum Gasteiger partial charge on any atom is -0.480 e. The van der Waals surface area contributed by atoms with Crippen LogP contribution in [0.5, 0.6) is 0 Å². The lowest BCUT2D eigenvalue weighted by atomic mass is 9.97. The van der Waals surface area contributed by atoms with E-state index in [2.05, 4.69) is 57.8 Å². The van der Waals surface area contributed by atoms with Crippen LogP contribution in [0.25, 0.3) is 0 Å². The molecule has 2 aliphatic heterocycles. The Kier molecular flexibility index (Phi) is 37.0. The average Bonchev–Trinajstić information content (AvgIpc) is 1.70. The van der Waals surface area contributed by atoms with Crippen molar-refractivity contribution in [3.8, 4) is 0 Å². The van der Waals surface area contributed by atoms with Crippen molar-refractivity contribution in [2.75, 3.05) is 52.4 Å². The normalized spacial score (nSPS) is 17.3. The Morgan fingerprint density at radius 2 is 1.01 bits per heavy atom. The van der Waals surface area contributed by atoms with Gasteiger partial charge in [-0.2, -0.15) is 0 Å². The van der Waals surface area contributed by atoms with Gasteiger partial charge in [0.1, 0.15) is 54.4 Å². The number of nitrogens with zero attached hydrogens (tertiary/aromatic N) is 4. The van der Waals surface area contributed by atoms with E-state index in [1.807, 2.05) is 0 Å². The van der Waals surface area contributed by atoms with Gasteiger partial charge in [-0.05, 0) is 128 Å². The smallest absolute Gasteiger partial charge is 0.325 e. The fraction of sp³-hybridized carbons (Fsp3) is 0.741. The number of nitrogens with one attached hydrogen (secondary N) is 9. The maximum absolute atomic E-state index is 14.5. The van der Waals surface area contributed by atoms with E-state index in [4.69, 9.17) is 45.9 Å². The molecule has 0 radical (unpaired) electrons. The molecule has 2 aliphatic rings. The lowest BCUT2D eigenvalue weighted by Crippen LogP contribution is -2.59. The summed E-state index contributed by atoms with van der Waals surface area (Å²) >= 11 is 0. The number of aliphatic carboxylic acids is 1. The van der Waals surface area contributed by atoms with Gasteiger partial charge in [0, 0.05) is 32.6 Å². The molecule has 0 aromatic rings. The van der Waals surface area contributed by atoms with E-state index in [1.54, 1.807) is 27.7 Å². The molecule has 0 aliphatic carbocycles. The van der Waals surface area contributed by atoms with Crippen LogP contribution in [-0.2, 0) is 62.3 Å². The highest BCUT2D eigenvalue weighted by molar-refractivity contribution is 5.99. The van der Waals surface area contributed by atoms with Gasteiger partial charge in [0.15, 0.2) is 11.9 Å².